The second-order valence-corrected chi connectivity index (χ2v) is 7.96. The molecular weight excluding hydrogens is 360 g/mol. The van der Waals surface area contributed by atoms with Crippen LogP contribution in [0.1, 0.15) is 46.1 Å². The van der Waals surface area contributed by atoms with Crippen molar-refractivity contribution < 1.29 is 9.53 Å². The number of carbonyl (C=O) groups is 1. The summed E-state index contributed by atoms with van der Waals surface area (Å²) in [4.78, 5) is 15.4. The van der Waals surface area contributed by atoms with E-state index in [1.165, 1.54) is 23.9 Å². The molecular formula is C25H26N2O2. The zero-order chi connectivity index (χ0) is 19.8. The van der Waals surface area contributed by atoms with Gasteiger partial charge in [-0.3, -0.25) is 4.90 Å². The van der Waals surface area contributed by atoms with Crippen molar-refractivity contribution in [1.29, 1.82) is 0 Å². The summed E-state index contributed by atoms with van der Waals surface area (Å²) in [6.07, 6.45) is 3.19. The molecule has 2 aliphatic rings. The average Bonchev–Trinajstić information content (AvgIpc) is 3.12. The van der Waals surface area contributed by atoms with Crippen molar-refractivity contribution in [3.63, 3.8) is 0 Å². The first-order valence-electron chi connectivity index (χ1n) is 10.4. The molecule has 2 heterocycles. The molecule has 0 amide bonds. The van der Waals surface area contributed by atoms with E-state index in [0.717, 1.165) is 55.7 Å². The Kier molecular flexibility index (Phi) is 4.72. The Bertz CT molecular complexity index is 1020. The molecule has 3 aromatic rings. The summed E-state index contributed by atoms with van der Waals surface area (Å²) >= 11 is 0. The topological polar surface area (TPSA) is 34.5 Å². The lowest BCUT2D eigenvalue weighted by Crippen LogP contribution is -2.39. The Morgan fingerprint density at radius 1 is 1.03 bits per heavy atom. The van der Waals surface area contributed by atoms with Gasteiger partial charge in [0.2, 0.25) is 0 Å². The quantitative estimate of drug-likeness (QED) is 0.602. The average molecular weight is 386 g/mol. The van der Waals surface area contributed by atoms with Gasteiger partial charge >= 0.3 is 5.97 Å². The van der Waals surface area contributed by atoms with Gasteiger partial charge in [-0.1, -0.05) is 60.7 Å². The van der Waals surface area contributed by atoms with Gasteiger partial charge in [-0.05, 0) is 36.0 Å². The van der Waals surface area contributed by atoms with Crippen molar-refractivity contribution in [3.05, 3.63) is 83.0 Å². The van der Waals surface area contributed by atoms with Gasteiger partial charge in [0.05, 0.1) is 24.4 Å². The standard InChI is InChI=1S/C25H26N2O2/c1-29-25(28)22-20-13-8-14-21-24(20)27(23(22)19-11-6-3-7-12-19)16-15-26(21)17-18-9-4-2-5-10-18/h2-7,9-12,21H,8,13-17H2,1H3/t21-/m1/s1. The molecule has 0 N–H and O–H groups in total. The van der Waals surface area contributed by atoms with Crippen LogP contribution in [-0.4, -0.2) is 29.1 Å². The van der Waals surface area contributed by atoms with Crippen molar-refractivity contribution >= 4 is 5.97 Å². The Morgan fingerprint density at radius 2 is 1.76 bits per heavy atom. The zero-order valence-corrected chi connectivity index (χ0v) is 16.8. The van der Waals surface area contributed by atoms with E-state index in [2.05, 4.69) is 51.9 Å². The van der Waals surface area contributed by atoms with Gasteiger partial charge in [0.15, 0.2) is 0 Å². The molecule has 0 bridgehead atoms. The lowest BCUT2D eigenvalue weighted by atomic mass is 9.88. The number of hydrogen-bond acceptors (Lipinski definition) is 3. The third kappa shape index (κ3) is 3.08. The molecule has 5 rings (SSSR count). The number of hydrogen-bond donors (Lipinski definition) is 0. The summed E-state index contributed by atoms with van der Waals surface area (Å²) in [5, 5.41) is 0. The summed E-state index contributed by atoms with van der Waals surface area (Å²) in [5.41, 5.74) is 6.78. The number of carbonyl (C=O) groups excluding carboxylic acids is 1. The van der Waals surface area contributed by atoms with Crippen molar-refractivity contribution in [2.75, 3.05) is 13.7 Å². The van der Waals surface area contributed by atoms with Gasteiger partial charge < -0.3 is 9.30 Å². The molecule has 29 heavy (non-hydrogen) atoms. The number of nitrogens with zero attached hydrogens (tertiary/aromatic N) is 2. The van der Waals surface area contributed by atoms with E-state index in [9.17, 15) is 4.79 Å². The van der Waals surface area contributed by atoms with Crippen LogP contribution in [0.3, 0.4) is 0 Å². The monoisotopic (exact) mass is 386 g/mol. The number of methoxy groups -OCH3 is 1. The smallest absolute Gasteiger partial charge is 0.340 e. The van der Waals surface area contributed by atoms with Crippen molar-refractivity contribution in [3.8, 4) is 11.3 Å². The van der Waals surface area contributed by atoms with E-state index in [1.807, 2.05) is 18.2 Å². The van der Waals surface area contributed by atoms with Crippen LogP contribution < -0.4 is 0 Å². The van der Waals surface area contributed by atoms with E-state index < -0.39 is 0 Å². The fourth-order valence-electron chi connectivity index (χ4n) is 5.13. The van der Waals surface area contributed by atoms with Gasteiger partial charge in [0, 0.05) is 25.3 Å². The van der Waals surface area contributed by atoms with Crippen LogP contribution in [0.4, 0.5) is 0 Å². The van der Waals surface area contributed by atoms with Crippen LogP contribution in [0.2, 0.25) is 0 Å². The molecule has 0 saturated heterocycles. The molecule has 0 spiro atoms. The predicted octanol–water partition coefficient (Wildman–Crippen LogP) is 4.83. The maximum absolute atomic E-state index is 12.9. The Hall–Kier alpha value is -2.85. The molecule has 2 aromatic carbocycles. The van der Waals surface area contributed by atoms with Crippen molar-refractivity contribution in [2.45, 2.75) is 38.4 Å². The summed E-state index contributed by atoms with van der Waals surface area (Å²) in [7, 11) is 1.49. The van der Waals surface area contributed by atoms with Gasteiger partial charge in [0.1, 0.15) is 0 Å². The first-order valence-corrected chi connectivity index (χ1v) is 10.4. The highest BCUT2D eigenvalue weighted by molar-refractivity contribution is 5.99. The first kappa shape index (κ1) is 18.2. The SMILES string of the molecule is COC(=O)c1c2c3n(c1-c1ccccc1)CCN(Cc1ccccc1)[C@@H]3CCC2. The molecule has 4 heteroatoms. The number of rotatable bonds is 4. The maximum Gasteiger partial charge on any atom is 0.340 e. The molecule has 1 aromatic heterocycles. The minimum absolute atomic E-state index is 0.212. The van der Waals surface area contributed by atoms with E-state index in [0.29, 0.717) is 6.04 Å². The normalized spacial score (nSPS) is 18.3. The van der Waals surface area contributed by atoms with Crippen molar-refractivity contribution in [1.82, 2.24) is 9.47 Å². The van der Waals surface area contributed by atoms with Gasteiger partial charge in [0.25, 0.3) is 0 Å². The van der Waals surface area contributed by atoms with Crippen LogP contribution in [0.15, 0.2) is 60.7 Å². The lowest BCUT2D eigenvalue weighted by molar-refractivity contribution is 0.0600. The number of esters is 1. The zero-order valence-electron chi connectivity index (χ0n) is 16.8. The summed E-state index contributed by atoms with van der Waals surface area (Å²) < 4.78 is 7.64. The van der Waals surface area contributed by atoms with Crippen LogP contribution in [0, 0.1) is 0 Å². The number of aromatic nitrogens is 1. The molecule has 1 aliphatic carbocycles. The molecule has 1 atom stereocenters. The van der Waals surface area contributed by atoms with Crippen LogP contribution in [0.5, 0.6) is 0 Å². The predicted molar refractivity (Wildman–Crippen MR) is 114 cm³/mol. The molecule has 0 unspecified atom stereocenters. The van der Waals surface area contributed by atoms with Crippen LogP contribution in [0.25, 0.3) is 11.3 Å². The van der Waals surface area contributed by atoms with Gasteiger partial charge in [-0.2, -0.15) is 0 Å². The highest BCUT2D eigenvalue weighted by atomic mass is 16.5. The summed E-state index contributed by atoms with van der Waals surface area (Å²) in [6, 6.07) is 21.3. The van der Waals surface area contributed by atoms with E-state index in [-0.39, 0.29) is 5.97 Å². The van der Waals surface area contributed by atoms with Crippen molar-refractivity contribution in [2.24, 2.45) is 0 Å². The number of benzene rings is 2. The minimum Gasteiger partial charge on any atom is -0.465 e. The highest BCUT2D eigenvalue weighted by Gasteiger charge is 2.38. The fourth-order valence-corrected chi connectivity index (χ4v) is 5.13. The second-order valence-electron chi connectivity index (χ2n) is 7.96. The van der Waals surface area contributed by atoms with Crippen LogP contribution >= 0.6 is 0 Å². The molecule has 0 radical (unpaired) electrons. The largest absolute Gasteiger partial charge is 0.465 e. The third-order valence-corrected chi connectivity index (χ3v) is 6.35. The van der Waals surface area contributed by atoms with Crippen LogP contribution in [-0.2, 0) is 24.2 Å². The summed E-state index contributed by atoms with van der Waals surface area (Å²) in [5.74, 6) is -0.212. The molecule has 0 fully saturated rings. The third-order valence-electron chi connectivity index (χ3n) is 6.35. The molecule has 4 nitrogen and oxygen atoms in total. The van der Waals surface area contributed by atoms with E-state index in [1.54, 1.807) is 0 Å². The molecule has 0 saturated carbocycles. The maximum atomic E-state index is 12.9. The molecule has 148 valence electrons. The fraction of sp³-hybridized carbons (Fsp3) is 0.320. The Morgan fingerprint density at radius 3 is 2.48 bits per heavy atom. The lowest BCUT2D eigenvalue weighted by Gasteiger charge is -2.40. The number of ether oxygens (including phenoxy) is 1. The minimum atomic E-state index is -0.212. The molecule has 1 aliphatic heterocycles. The Balaban J connectivity index is 1.63. The Labute approximate surface area is 171 Å². The van der Waals surface area contributed by atoms with Gasteiger partial charge in [-0.15, -0.1) is 0 Å². The van der Waals surface area contributed by atoms with Gasteiger partial charge in [-0.25, -0.2) is 4.79 Å². The first-order chi connectivity index (χ1) is 14.3. The van der Waals surface area contributed by atoms with E-state index in [4.69, 9.17) is 4.74 Å². The highest BCUT2D eigenvalue weighted by Crippen LogP contribution is 2.45. The summed E-state index contributed by atoms with van der Waals surface area (Å²) in [6.45, 7) is 2.83. The second kappa shape index (κ2) is 7.53. The van der Waals surface area contributed by atoms with E-state index >= 15 is 0 Å².